The summed E-state index contributed by atoms with van der Waals surface area (Å²) in [5, 5.41) is 2.66. The standard InChI is InChI=1S/C19H17F3N2O2S/c1-12(25)24-10-4-5-13-11-14(8-9-16(13)24)23-18(26)15-6-2-3-7-17(15)27-19(20,21)22/h2-3,6-9,11H,4-5,10H2,1H3,(H,23,26). The maximum atomic E-state index is 12.7. The molecule has 0 bridgehead atoms. The summed E-state index contributed by atoms with van der Waals surface area (Å²) in [5.41, 5.74) is -2.30. The Morgan fingerprint density at radius 2 is 1.89 bits per heavy atom. The third-order valence-electron chi connectivity index (χ3n) is 4.19. The van der Waals surface area contributed by atoms with Gasteiger partial charge in [-0.15, -0.1) is 0 Å². The Hall–Kier alpha value is -2.48. The number of nitrogens with zero attached hydrogens (tertiary/aromatic N) is 1. The van der Waals surface area contributed by atoms with Gasteiger partial charge in [0.05, 0.1) is 5.56 Å². The third kappa shape index (κ3) is 4.63. The highest BCUT2D eigenvalue weighted by Gasteiger charge is 2.31. The van der Waals surface area contributed by atoms with Crippen molar-refractivity contribution in [2.45, 2.75) is 30.2 Å². The van der Waals surface area contributed by atoms with Crippen LogP contribution in [0, 0.1) is 0 Å². The molecule has 1 aliphatic rings. The highest BCUT2D eigenvalue weighted by atomic mass is 32.2. The van der Waals surface area contributed by atoms with Crippen molar-refractivity contribution in [3.05, 3.63) is 53.6 Å². The first-order valence-corrected chi connectivity index (χ1v) is 9.13. The number of anilines is 2. The molecular formula is C19H17F3N2O2S. The summed E-state index contributed by atoms with van der Waals surface area (Å²) in [6.45, 7) is 2.15. The Morgan fingerprint density at radius 1 is 1.15 bits per heavy atom. The molecule has 0 spiro atoms. The molecular weight excluding hydrogens is 377 g/mol. The molecule has 8 heteroatoms. The molecule has 4 nitrogen and oxygen atoms in total. The summed E-state index contributed by atoms with van der Waals surface area (Å²) < 4.78 is 38.1. The quantitative estimate of drug-likeness (QED) is 0.757. The van der Waals surface area contributed by atoms with Crippen molar-refractivity contribution in [2.24, 2.45) is 0 Å². The second-order valence-electron chi connectivity index (χ2n) is 6.12. The molecule has 1 aliphatic heterocycles. The second kappa shape index (κ2) is 7.64. The first-order chi connectivity index (χ1) is 12.7. The summed E-state index contributed by atoms with van der Waals surface area (Å²) in [4.78, 5) is 25.8. The summed E-state index contributed by atoms with van der Waals surface area (Å²) in [6, 6.07) is 10.8. The van der Waals surface area contributed by atoms with E-state index in [2.05, 4.69) is 5.32 Å². The number of hydrogen-bond acceptors (Lipinski definition) is 3. The highest BCUT2D eigenvalue weighted by Crippen LogP contribution is 2.38. The van der Waals surface area contributed by atoms with E-state index in [1.807, 2.05) is 0 Å². The Labute approximate surface area is 158 Å². The molecule has 142 valence electrons. The minimum atomic E-state index is -4.47. The number of rotatable bonds is 3. The Kier molecular flexibility index (Phi) is 5.46. The van der Waals surface area contributed by atoms with E-state index in [4.69, 9.17) is 0 Å². The third-order valence-corrected chi connectivity index (χ3v) is 5.00. The summed E-state index contributed by atoms with van der Waals surface area (Å²) in [7, 11) is 0. The molecule has 0 aromatic heterocycles. The molecule has 0 saturated heterocycles. The van der Waals surface area contributed by atoms with Crippen molar-refractivity contribution in [1.29, 1.82) is 0 Å². The van der Waals surface area contributed by atoms with Gasteiger partial charge in [0.1, 0.15) is 0 Å². The van der Waals surface area contributed by atoms with E-state index in [9.17, 15) is 22.8 Å². The Morgan fingerprint density at radius 3 is 2.59 bits per heavy atom. The molecule has 2 amide bonds. The van der Waals surface area contributed by atoms with Crippen molar-refractivity contribution in [3.8, 4) is 0 Å². The molecule has 27 heavy (non-hydrogen) atoms. The zero-order valence-corrected chi connectivity index (χ0v) is 15.3. The predicted octanol–water partition coefficient (Wildman–Crippen LogP) is 4.85. The SMILES string of the molecule is CC(=O)N1CCCc2cc(NC(=O)c3ccccc3SC(F)(F)F)ccc21. The number of amides is 2. The molecule has 0 atom stereocenters. The maximum Gasteiger partial charge on any atom is 0.446 e. The number of carbonyl (C=O) groups excluding carboxylic acids is 2. The van der Waals surface area contributed by atoms with Gasteiger partial charge < -0.3 is 10.2 Å². The number of alkyl halides is 3. The van der Waals surface area contributed by atoms with Gasteiger partial charge >= 0.3 is 5.51 Å². The number of aryl methyl sites for hydroxylation is 1. The van der Waals surface area contributed by atoms with Crippen LogP contribution in [0.5, 0.6) is 0 Å². The van der Waals surface area contributed by atoms with Crippen LogP contribution in [0.3, 0.4) is 0 Å². The fourth-order valence-electron chi connectivity index (χ4n) is 3.07. The largest absolute Gasteiger partial charge is 0.446 e. The van der Waals surface area contributed by atoms with Gasteiger partial charge in [0, 0.05) is 29.7 Å². The summed E-state index contributed by atoms with van der Waals surface area (Å²) >= 11 is -0.312. The lowest BCUT2D eigenvalue weighted by atomic mass is 10.0. The zero-order chi connectivity index (χ0) is 19.6. The minimum Gasteiger partial charge on any atom is -0.322 e. The van der Waals surface area contributed by atoms with Crippen molar-refractivity contribution in [2.75, 3.05) is 16.8 Å². The molecule has 0 radical (unpaired) electrons. The van der Waals surface area contributed by atoms with Crippen LogP contribution < -0.4 is 10.2 Å². The molecule has 0 unspecified atom stereocenters. The van der Waals surface area contributed by atoms with Crippen LogP contribution in [0.4, 0.5) is 24.5 Å². The van der Waals surface area contributed by atoms with Crippen LogP contribution in [-0.4, -0.2) is 23.9 Å². The number of carbonyl (C=O) groups is 2. The van der Waals surface area contributed by atoms with E-state index in [1.165, 1.54) is 31.2 Å². The van der Waals surface area contributed by atoms with Crippen molar-refractivity contribution >= 4 is 35.0 Å². The number of thioether (sulfide) groups is 1. The maximum absolute atomic E-state index is 12.7. The average Bonchev–Trinajstić information content (AvgIpc) is 2.60. The van der Waals surface area contributed by atoms with Crippen LogP contribution in [0.15, 0.2) is 47.4 Å². The van der Waals surface area contributed by atoms with Crippen LogP contribution in [0.1, 0.15) is 29.3 Å². The predicted molar refractivity (Wildman–Crippen MR) is 99.1 cm³/mol. The number of halogens is 3. The lowest BCUT2D eigenvalue weighted by Gasteiger charge is -2.29. The lowest BCUT2D eigenvalue weighted by Crippen LogP contribution is -2.33. The van der Waals surface area contributed by atoms with Crippen molar-refractivity contribution in [3.63, 3.8) is 0 Å². The smallest absolute Gasteiger partial charge is 0.322 e. The average molecular weight is 394 g/mol. The number of nitrogens with one attached hydrogen (secondary N) is 1. The van der Waals surface area contributed by atoms with Gasteiger partial charge in [-0.25, -0.2) is 0 Å². The summed E-state index contributed by atoms with van der Waals surface area (Å²) in [5.74, 6) is -0.660. The van der Waals surface area contributed by atoms with Gasteiger partial charge in [0.2, 0.25) is 5.91 Å². The Bertz CT molecular complexity index is 883. The van der Waals surface area contributed by atoms with Crippen LogP contribution in [0.2, 0.25) is 0 Å². The first kappa shape index (κ1) is 19.3. The highest BCUT2D eigenvalue weighted by molar-refractivity contribution is 8.00. The van der Waals surface area contributed by atoms with Crippen molar-refractivity contribution < 1.29 is 22.8 Å². The molecule has 0 aliphatic carbocycles. The monoisotopic (exact) mass is 394 g/mol. The molecule has 2 aromatic carbocycles. The summed E-state index contributed by atoms with van der Waals surface area (Å²) in [6.07, 6.45) is 1.58. The lowest BCUT2D eigenvalue weighted by molar-refractivity contribution is -0.116. The van der Waals surface area contributed by atoms with Gasteiger partial charge in [-0.3, -0.25) is 9.59 Å². The van der Waals surface area contributed by atoms with E-state index in [0.717, 1.165) is 24.1 Å². The number of hydrogen-bond donors (Lipinski definition) is 1. The normalized spacial score (nSPS) is 13.9. The van der Waals surface area contributed by atoms with Gasteiger partial charge in [-0.2, -0.15) is 13.2 Å². The van der Waals surface area contributed by atoms with E-state index >= 15 is 0 Å². The minimum absolute atomic E-state index is 0.0390. The molecule has 1 N–H and O–H groups in total. The fourth-order valence-corrected chi connectivity index (χ4v) is 3.73. The van der Waals surface area contributed by atoms with E-state index < -0.39 is 11.4 Å². The van der Waals surface area contributed by atoms with Crippen molar-refractivity contribution in [1.82, 2.24) is 0 Å². The fraction of sp³-hybridized carbons (Fsp3) is 0.263. The Balaban J connectivity index is 1.83. The molecule has 1 heterocycles. The number of fused-ring (bicyclic) bond motifs is 1. The second-order valence-corrected chi connectivity index (χ2v) is 7.22. The van der Waals surface area contributed by atoms with Gasteiger partial charge in [0.15, 0.2) is 0 Å². The van der Waals surface area contributed by atoms with Gasteiger partial charge in [-0.1, -0.05) is 12.1 Å². The van der Waals surface area contributed by atoms with Crippen LogP contribution in [0.25, 0.3) is 0 Å². The van der Waals surface area contributed by atoms with Crippen LogP contribution >= 0.6 is 11.8 Å². The molecule has 0 saturated carbocycles. The van der Waals surface area contributed by atoms with E-state index in [0.29, 0.717) is 12.2 Å². The van der Waals surface area contributed by atoms with Gasteiger partial charge in [-0.05, 0) is 60.5 Å². The molecule has 0 fully saturated rings. The van der Waals surface area contributed by atoms with E-state index in [-0.39, 0.29) is 28.1 Å². The molecule has 3 rings (SSSR count). The molecule has 2 aromatic rings. The van der Waals surface area contributed by atoms with E-state index in [1.54, 1.807) is 23.1 Å². The topological polar surface area (TPSA) is 49.4 Å². The van der Waals surface area contributed by atoms with Gasteiger partial charge in [0.25, 0.3) is 5.91 Å². The van der Waals surface area contributed by atoms with Crippen LogP contribution in [-0.2, 0) is 11.2 Å². The zero-order valence-electron chi connectivity index (χ0n) is 14.5. The number of benzene rings is 2. The first-order valence-electron chi connectivity index (χ1n) is 8.32.